The van der Waals surface area contributed by atoms with E-state index in [4.69, 9.17) is 0 Å². The van der Waals surface area contributed by atoms with Crippen LogP contribution in [-0.4, -0.2) is 24.7 Å². The Labute approximate surface area is 121 Å². The van der Waals surface area contributed by atoms with Crippen molar-refractivity contribution in [1.29, 1.82) is 0 Å². The van der Waals surface area contributed by atoms with Crippen LogP contribution in [0.2, 0.25) is 0 Å². The minimum Gasteiger partial charge on any atom is -0.378 e. The molecule has 0 heterocycles. The molecule has 0 aliphatic carbocycles. The van der Waals surface area contributed by atoms with Gasteiger partial charge in [0.2, 0.25) is 10.0 Å². The second-order valence-electron chi connectivity index (χ2n) is 5.78. The van der Waals surface area contributed by atoms with Gasteiger partial charge < -0.3 is 5.11 Å². The lowest BCUT2D eigenvalue weighted by Gasteiger charge is -2.20. The summed E-state index contributed by atoms with van der Waals surface area (Å²) in [7, 11) is -3.49. The van der Waals surface area contributed by atoms with Crippen LogP contribution >= 0.6 is 0 Å². The molecule has 0 aromatic heterocycles. The minimum atomic E-state index is -3.49. The van der Waals surface area contributed by atoms with Gasteiger partial charge in [0.25, 0.3) is 0 Å². The van der Waals surface area contributed by atoms with Crippen LogP contribution in [0.15, 0.2) is 30.3 Å². The Bertz CT molecular complexity index is 602. The van der Waals surface area contributed by atoms with Crippen LogP contribution in [-0.2, 0) is 15.8 Å². The first kappa shape index (κ1) is 16.7. The zero-order chi connectivity index (χ0) is 15.4. The molecular weight excluding hydrogens is 274 g/mol. The van der Waals surface area contributed by atoms with Crippen molar-refractivity contribution in [3.63, 3.8) is 0 Å². The van der Waals surface area contributed by atoms with E-state index in [0.29, 0.717) is 5.56 Å². The van der Waals surface area contributed by atoms with E-state index < -0.39 is 21.2 Å². The van der Waals surface area contributed by atoms with Crippen molar-refractivity contribution in [2.75, 3.05) is 0 Å². The number of benzene rings is 1. The third-order valence-corrected chi connectivity index (χ3v) is 3.83. The van der Waals surface area contributed by atoms with Crippen molar-refractivity contribution >= 4 is 10.0 Å². The van der Waals surface area contributed by atoms with Crippen molar-refractivity contribution in [2.24, 2.45) is 0 Å². The molecule has 0 saturated heterocycles. The van der Waals surface area contributed by atoms with Crippen molar-refractivity contribution < 1.29 is 13.5 Å². The molecule has 0 aliphatic rings. The highest BCUT2D eigenvalue weighted by atomic mass is 32.2. The second-order valence-corrected chi connectivity index (χ2v) is 7.50. The van der Waals surface area contributed by atoms with E-state index in [-0.39, 0.29) is 5.75 Å². The van der Waals surface area contributed by atoms with Crippen molar-refractivity contribution in [2.45, 2.75) is 44.6 Å². The molecule has 1 aromatic carbocycles. The summed E-state index contributed by atoms with van der Waals surface area (Å²) in [5.41, 5.74) is -1.37. The Kier molecular flexibility index (Phi) is 4.98. The number of rotatable bonds is 4. The van der Waals surface area contributed by atoms with Gasteiger partial charge in [-0.1, -0.05) is 42.2 Å². The van der Waals surface area contributed by atoms with Crippen molar-refractivity contribution in [1.82, 2.24) is 4.72 Å². The Morgan fingerprint density at radius 2 is 1.65 bits per heavy atom. The van der Waals surface area contributed by atoms with Gasteiger partial charge in [-0.3, -0.25) is 0 Å². The predicted molar refractivity (Wildman–Crippen MR) is 80.4 cm³/mol. The molecule has 110 valence electrons. The molecule has 0 fully saturated rings. The topological polar surface area (TPSA) is 66.4 Å². The van der Waals surface area contributed by atoms with Gasteiger partial charge in [0.15, 0.2) is 0 Å². The second kappa shape index (κ2) is 5.96. The fourth-order valence-electron chi connectivity index (χ4n) is 1.55. The molecule has 0 amide bonds. The van der Waals surface area contributed by atoms with Gasteiger partial charge in [-0.15, -0.1) is 0 Å². The van der Waals surface area contributed by atoms with Crippen LogP contribution in [0, 0.1) is 11.8 Å². The molecule has 0 unspecified atom stereocenters. The predicted octanol–water partition coefficient (Wildman–Crippen LogP) is 1.66. The van der Waals surface area contributed by atoms with Crippen LogP contribution in [0.5, 0.6) is 0 Å². The molecule has 1 aromatic rings. The highest BCUT2D eigenvalue weighted by Gasteiger charge is 2.23. The van der Waals surface area contributed by atoms with Crippen LogP contribution in [0.25, 0.3) is 0 Å². The molecule has 4 nitrogen and oxygen atoms in total. The highest BCUT2D eigenvalue weighted by molar-refractivity contribution is 7.88. The number of hydrogen-bond donors (Lipinski definition) is 2. The molecule has 2 N–H and O–H groups in total. The van der Waals surface area contributed by atoms with E-state index in [2.05, 4.69) is 16.6 Å². The van der Waals surface area contributed by atoms with Gasteiger partial charge in [0.05, 0.1) is 11.3 Å². The largest absolute Gasteiger partial charge is 0.378 e. The molecule has 0 spiro atoms. The maximum atomic E-state index is 12.1. The molecule has 0 saturated carbocycles. The summed E-state index contributed by atoms with van der Waals surface area (Å²) in [6.45, 7) is 6.42. The fourth-order valence-corrected chi connectivity index (χ4v) is 3.09. The van der Waals surface area contributed by atoms with Gasteiger partial charge in [0.1, 0.15) is 5.60 Å². The third-order valence-electron chi connectivity index (χ3n) is 2.29. The summed E-state index contributed by atoms with van der Waals surface area (Å²) in [6, 6.07) is 8.94. The zero-order valence-electron chi connectivity index (χ0n) is 12.3. The summed E-state index contributed by atoms with van der Waals surface area (Å²) in [5, 5.41) is 9.56. The lowest BCUT2D eigenvalue weighted by Crippen LogP contribution is -2.43. The number of hydrogen-bond acceptors (Lipinski definition) is 3. The van der Waals surface area contributed by atoms with Gasteiger partial charge in [0, 0.05) is 0 Å². The van der Waals surface area contributed by atoms with Crippen LogP contribution < -0.4 is 4.72 Å². The average molecular weight is 295 g/mol. The zero-order valence-corrected chi connectivity index (χ0v) is 13.1. The van der Waals surface area contributed by atoms with Crippen LogP contribution in [0.3, 0.4) is 0 Å². The summed E-state index contributed by atoms with van der Waals surface area (Å²) in [6.07, 6.45) is 0. The molecule has 0 bridgehead atoms. The van der Waals surface area contributed by atoms with Gasteiger partial charge in [-0.25, -0.2) is 8.42 Å². The lowest BCUT2D eigenvalue weighted by atomic mass is 10.1. The summed E-state index contributed by atoms with van der Waals surface area (Å²) in [5.74, 6) is 5.28. The van der Waals surface area contributed by atoms with Gasteiger partial charge in [-0.2, -0.15) is 4.72 Å². The first-order chi connectivity index (χ1) is 8.99. The lowest BCUT2D eigenvalue weighted by molar-refractivity contribution is 0.143. The Hall–Kier alpha value is -1.35. The molecule has 5 heteroatoms. The number of sulfonamides is 1. The quantitative estimate of drug-likeness (QED) is 0.830. The van der Waals surface area contributed by atoms with Crippen LogP contribution in [0.4, 0.5) is 0 Å². The first-order valence-corrected chi connectivity index (χ1v) is 7.97. The highest BCUT2D eigenvalue weighted by Crippen LogP contribution is 2.10. The first-order valence-electron chi connectivity index (χ1n) is 6.31. The van der Waals surface area contributed by atoms with E-state index in [1.165, 1.54) is 0 Å². The Morgan fingerprint density at radius 3 is 2.15 bits per heavy atom. The summed E-state index contributed by atoms with van der Waals surface area (Å²) in [4.78, 5) is 0. The molecule has 20 heavy (non-hydrogen) atoms. The molecular formula is C15H21NO3S. The van der Waals surface area contributed by atoms with Crippen LogP contribution in [0.1, 0.15) is 33.3 Å². The SMILES string of the molecule is CC(C)(O)C#CC(C)(C)NS(=O)(=O)Cc1ccccc1. The normalized spacial score (nSPS) is 12.7. The van der Waals surface area contributed by atoms with E-state index in [9.17, 15) is 13.5 Å². The summed E-state index contributed by atoms with van der Waals surface area (Å²) < 4.78 is 26.7. The van der Waals surface area contributed by atoms with E-state index in [1.807, 2.05) is 6.07 Å². The Morgan fingerprint density at radius 1 is 1.10 bits per heavy atom. The summed E-state index contributed by atoms with van der Waals surface area (Å²) >= 11 is 0. The Balaban J connectivity index is 2.82. The molecule has 1 rings (SSSR count). The maximum Gasteiger partial charge on any atom is 0.217 e. The van der Waals surface area contributed by atoms with Crippen molar-refractivity contribution in [3.8, 4) is 11.8 Å². The standard InChI is InChI=1S/C15H21NO3S/c1-14(2,10-11-15(3,4)17)16-20(18,19)12-13-8-6-5-7-9-13/h5-9,16-17H,12H2,1-4H3. The number of aliphatic hydroxyl groups is 1. The average Bonchev–Trinajstić information content (AvgIpc) is 2.25. The third kappa shape index (κ3) is 6.71. The van der Waals surface area contributed by atoms with Gasteiger partial charge in [-0.05, 0) is 33.3 Å². The van der Waals surface area contributed by atoms with E-state index in [1.54, 1.807) is 52.0 Å². The minimum absolute atomic E-state index is 0.0958. The smallest absolute Gasteiger partial charge is 0.217 e. The van der Waals surface area contributed by atoms with Gasteiger partial charge >= 0.3 is 0 Å². The van der Waals surface area contributed by atoms with Crippen molar-refractivity contribution in [3.05, 3.63) is 35.9 Å². The molecule has 0 aliphatic heterocycles. The molecule has 0 radical (unpaired) electrons. The molecule has 0 atom stereocenters. The van der Waals surface area contributed by atoms with E-state index >= 15 is 0 Å². The number of nitrogens with one attached hydrogen (secondary N) is 1. The monoisotopic (exact) mass is 295 g/mol. The van der Waals surface area contributed by atoms with E-state index in [0.717, 1.165) is 0 Å². The fraction of sp³-hybridized carbons (Fsp3) is 0.467. The maximum absolute atomic E-state index is 12.1.